The van der Waals surface area contributed by atoms with Gasteiger partial charge in [0.25, 0.3) is 0 Å². The first-order valence-electron chi connectivity index (χ1n) is 6.65. The normalized spacial score (nSPS) is 28.1. The molecule has 0 saturated heterocycles. The predicted octanol–water partition coefficient (Wildman–Crippen LogP) is 2.03. The molecule has 2 aliphatic rings. The van der Waals surface area contributed by atoms with Gasteiger partial charge in [0, 0.05) is 17.9 Å². The number of hydrogen-bond acceptors (Lipinski definition) is 5. The van der Waals surface area contributed by atoms with Crippen LogP contribution in [0.5, 0.6) is 5.75 Å². The zero-order valence-corrected chi connectivity index (χ0v) is 10.6. The van der Waals surface area contributed by atoms with Crippen LogP contribution in [0.3, 0.4) is 0 Å². The number of hydrogen-bond donors (Lipinski definition) is 1. The monoisotopic (exact) mass is 263 g/mol. The van der Waals surface area contributed by atoms with Gasteiger partial charge < -0.3 is 20.6 Å². The van der Waals surface area contributed by atoms with Crippen molar-refractivity contribution in [3.8, 4) is 5.75 Å². The van der Waals surface area contributed by atoms with Crippen LogP contribution in [0.15, 0.2) is 18.3 Å². The first kappa shape index (κ1) is 12.3. The van der Waals surface area contributed by atoms with E-state index in [0.717, 1.165) is 19.3 Å². The molecule has 3 rings (SSSR count). The first-order chi connectivity index (χ1) is 9.13. The van der Waals surface area contributed by atoms with Gasteiger partial charge in [0.05, 0.1) is 0 Å². The van der Waals surface area contributed by atoms with E-state index >= 15 is 0 Å². The Bertz CT molecular complexity index is 500. The predicted molar refractivity (Wildman–Crippen MR) is 68.8 cm³/mol. The van der Waals surface area contributed by atoms with E-state index in [0.29, 0.717) is 0 Å². The number of aromatic nitrogens is 1. The summed E-state index contributed by atoms with van der Waals surface area (Å²) in [5.74, 6) is 0.0480. The fraction of sp³-hybridized carbons (Fsp3) is 0.615. The number of nitrogens with zero attached hydrogens (tertiary/aromatic N) is 2. The SMILES string of the molecule is NC1CC(Oc2cccnc2[N+](=O)[O-])C12CCCC2. The summed E-state index contributed by atoms with van der Waals surface area (Å²) < 4.78 is 5.87. The zero-order chi connectivity index (χ0) is 13.5. The molecule has 0 aliphatic heterocycles. The molecule has 1 spiro atoms. The third-order valence-corrected chi connectivity index (χ3v) is 4.58. The quantitative estimate of drug-likeness (QED) is 0.665. The van der Waals surface area contributed by atoms with Crippen molar-refractivity contribution in [2.24, 2.45) is 11.1 Å². The van der Waals surface area contributed by atoms with Crippen LogP contribution in [-0.4, -0.2) is 22.1 Å². The van der Waals surface area contributed by atoms with Gasteiger partial charge in [0.15, 0.2) is 0 Å². The molecule has 2 fully saturated rings. The molecule has 6 heteroatoms. The van der Waals surface area contributed by atoms with Gasteiger partial charge >= 0.3 is 5.82 Å². The van der Waals surface area contributed by atoms with Crippen LogP contribution >= 0.6 is 0 Å². The molecule has 0 radical (unpaired) electrons. The summed E-state index contributed by atoms with van der Waals surface area (Å²) in [5, 5.41) is 10.9. The van der Waals surface area contributed by atoms with Crippen molar-refractivity contribution in [1.29, 1.82) is 0 Å². The Balaban J connectivity index is 1.81. The van der Waals surface area contributed by atoms with Crippen LogP contribution < -0.4 is 10.5 Å². The maximum atomic E-state index is 10.9. The molecule has 2 aliphatic carbocycles. The molecule has 2 N–H and O–H groups in total. The highest BCUT2D eigenvalue weighted by atomic mass is 16.6. The number of nitrogens with two attached hydrogens (primary N) is 1. The van der Waals surface area contributed by atoms with Gasteiger partial charge in [-0.05, 0) is 34.9 Å². The maximum Gasteiger partial charge on any atom is 0.406 e. The Kier molecular flexibility index (Phi) is 2.89. The molecule has 0 aromatic carbocycles. The van der Waals surface area contributed by atoms with E-state index in [1.165, 1.54) is 19.0 Å². The number of ether oxygens (including phenoxy) is 1. The largest absolute Gasteiger partial charge is 0.482 e. The number of pyridine rings is 1. The van der Waals surface area contributed by atoms with Crippen LogP contribution in [0.1, 0.15) is 32.1 Å². The van der Waals surface area contributed by atoms with Crippen molar-refractivity contribution in [3.05, 3.63) is 28.4 Å². The third-order valence-electron chi connectivity index (χ3n) is 4.58. The highest BCUT2D eigenvalue weighted by Crippen LogP contribution is 2.54. The van der Waals surface area contributed by atoms with E-state index in [4.69, 9.17) is 10.5 Å². The Morgan fingerprint density at radius 2 is 2.21 bits per heavy atom. The molecule has 0 amide bonds. The summed E-state index contributed by atoms with van der Waals surface area (Å²) in [6.07, 6.45) is 6.63. The lowest BCUT2D eigenvalue weighted by Gasteiger charge is -2.51. The topological polar surface area (TPSA) is 91.3 Å². The van der Waals surface area contributed by atoms with Crippen molar-refractivity contribution < 1.29 is 9.66 Å². The van der Waals surface area contributed by atoms with Crippen LogP contribution in [0.25, 0.3) is 0 Å². The smallest absolute Gasteiger partial charge is 0.406 e. The lowest BCUT2D eigenvalue weighted by Crippen LogP contribution is -2.62. The molecule has 2 unspecified atom stereocenters. The van der Waals surface area contributed by atoms with Crippen molar-refractivity contribution in [2.75, 3.05) is 0 Å². The Morgan fingerprint density at radius 3 is 2.84 bits per heavy atom. The standard InChI is InChI=1S/C13H17N3O3/c14-10-8-11(13(10)5-1-2-6-13)19-9-4-3-7-15-12(9)16(17)18/h3-4,7,10-11H,1-2,5-6,8,14H2. The molecule has 0 bridgehead atoms. The van der Waals surface area contributed by atoms with E-state index < -0.39 is 4.92 Å². The second-order valence-corrected chi connectivity index (χ2v) is 5.47. The molecule has 1 aromatic rings. The first-order valence-corrected chi connectivity index (χ1v) is 6.65. The maximum absolute atomic E-state index is 10.9. The fourth-order valence-corrected chi connectivity index (χ4v) is 3.43. The minimum atomic E-state index is -0.505. The van der Waals surface area contributed by atoms with E-state index in [9.17, 15) is 10.1 Å². The van der Waals surface area contributed by atoms with E-state index in [-0.39, 0.29) is 29.1 Å². The average molecular weight is 263 g/mol. The van der Waals surface area contributed by atoms with Crippen molar-refractivity contribution in [1.82, 2.24) is 4.98 Å². The van der Waals surface area contributed by atoms with E-state index in [1.54, 1.807) is 12.1 Å². The van der Waals surface area contributed by atoms with E-state index in [1.807, 2.05) is 0 Å². The molecular weight excluding hydrogens is 246 g/mol. The summed E-state index contributed by atoms with van der Waals surface area (Å²) in [7, 11) is 0. The molecule has 19 heavy (non-hydrogen) atoms. The molecule has 1 heterocycles. The van der Waals surface area contributed by atoms with Gasteiger partial charge in [-0.2, -0.15) is 0 Å². The molecule has 2 atom stereocenters. The lowest BCUT2D eigenvalue weighted by atomic mass is 9.61. The van der Waals surface area contributed by atoms with Crippen molar-refractivity contribution in [2.45, 2.75) is 44.2 Å². The average Bonchev–Trinajstić information content (AvgIpc) is 2.91. The number of nitro groups is 1. The minimum Gasteiger partial charge on any atom is -0.482 e. The summed E-state index contributed by atoms with van der Waals surface area (Å²) >= 11 is 0. The van der Waals surface area contributed by atoms with E-state index in [2.05, 4.69) is 4.98 Å². The van der Waals surface area contributed by atoms with Crippen LogP contribution in [0.4, 0.5) is 5.82 Å². The van der Waals surface area contributed by atoms with Gasteiger partial charge in [-0.1, -0.05) is 12.8 Å². The Hall–Kier alpha value is -1.69. The van der Waals surface area contributed by atoms with Crippen molar-refractivity contribution >= 4 is 5.82 Å². The molecule has 2 saturated carbocycles. The molecule has 6 nitrogen and oxygen atoms in total. The molecular formula is C13H17N3O3. The Labute approximate surface area is 111 Å². The van der Waals surface area contributed by atoms with Gasteiger partial charge in [0.2, 0.25) is 5.75 Å². The van der Waals surface area contributed by atoms with Crippen LogP contribution in [0, 0.1) is 15.5 Å². The minimum absolute atomic E-state index is 0.00657. The van der Waals surface area contributed by atoms with Gasteiger partial charge in [-0.25, -0.2) is 0 Å². The number of rotatable bonds is 3. The Morgan fingerprint density at radius 1 is 1.47 bits per heavy atom. The van der Waals surface area contributed by atoms with Gasteiger partial charge in [-0.3, -0.25) is 0 Å². The second-order valence-electron chi connectivity index (χ2n) is 5.47. The molecule has 1 aromatic heterocycles. The zero-order valence-electron chi connectivity index (χ0n) is 10.6. The third kappa shape index (κ3) is 1.87. The second kappa shape index (κ2) is 4.45. The van der Waals surface area contributed by atoms with Crippen molar-refractivity contribution in [3.63, 3.8) is 0 Å². The summed E-state index contributed by atoms with van der Waals surface area (Å²) in [6.45, 7) is 0. The summed E-state index contributed by atoms with van der Waals surface area (Å²) in [6, 6.07) is 3.43. The lowest BCUT2D eigenvalue weighted by molar-refractivity contribution is -0.391. The highest BCUT2D eigenvalue weighted by molar-refractivity contribution is 5.39. The fourth-order valence-electron chi connectivity index (χ4n) is 3.43. The van der Waals surface area contributed by atoms with Crippen LogP contribution in [-0.2, 0) is 0 Å². The molecule has 102 valence electrons. The highest BCUT2D eigenvalue weighted by Gasteiger charge is 2.56. The van der Waals surface area contributed by atoms with Gasteiger partial charge in [0.1, 0.15) is 12.3 Å². The summed E-state index contributed by atoms with van der Waals surface area (Å²) in [5.41, 5.74) is 6.16. The van der Waals surface area contributed by atoms with Gasteiger partial charge in [-0.15, -0.1) is 0 Å². The van der Waals surface area contributed by atoms with Crippen LogP contribution in [0.2, 0.25) is 0 Å². The summed E-state index contributed by atoms with van der Waals surface area (Å²) in [4.78, 5) is 14.2.